The van der Waals surface area contributed by atoms with E-state index in [1.54, 1.807) is 0 Å². The Balaban J connectivity index is 1.53. The van der Waals surface area contributed by atoms with Crippen LogP contribution in [0, 0.1) is 0 Å². The van der Waals surface area contributed by atoms with Gasteiger partial charge >= 0.3 is 6.03 Å². The van der Waals surface area contributed by atoms with Crippen molar-refractivity contribution in [3.05, 3.63) is 71.8 Å². The summed E-state index contributed by atoms with van der Waals surface area (Å²) in [6.45, 7) is 2.70. The lowest BCUT2D eigenvalue weighted by molar-refractivity contribution is 0.237. The minimum atomic E-state index is -0.0986. The normalized spacial score (nSPS) is 16.6. The van der Waals surface area contributed by atoms with Gasteiger partial charge in [0.2, 0.25) is 0 Å². The van der Waals surface area contributed by atoms with Crippen LogP contribution in [-0.2, 0) is 5.41 Å². The molecule has 0 spiro atoms. The van der Waals surface area contributed by atoms with Gasteiger partial charge in [-0.3, -0.25) is 0 Å². The van der Waals surface area contributed by atoms with Gasteiger partial charge < -0.3 is 10.6 Å². The minimum Gasteiger partial charge on any atom is -0.337 e. The molecule has 114 valence electrons. The van der Waals surface area contributed by atoms with Gasteiger partial charge in [0.05, 0.1) is 6.04 Å². The monoisotopic (exact) mass is 294 g/mol. The second-order valence-electron chi connectivity index (χ2n) is 6.11. The van der Waals surface area contributed by atoms with Crippen molar-refractivity contribution in [1.82, 2.24) is 10.6 Å². The predicted molar refractivity (Wildman–Crippen MR) is 88.7 cm³/mol. The fourth-order valence-electron chi connectivity index (χ4n) is 2.83. The third-order valence-corrected chi connectivity index (χ3v) is 4.47. The molecule has 2 amide bonds. The van der Waals surface area contributed by atoms with Gasteiger partial charge in [-0.2, -0.15) is 0 Å². The molecule has 2 aromatic rings. The lowest BCUT2D eigenvalue weighted by atomic mass is 9.96. The average molecular weight is 294 g/mol. The summed E-state index contributed by atoms with van der Waals surface area (Å²) in [5, 5.41) is 6.03. The van der Waals surface area contributed by atoms with E-state index in [-0.39, 0.29) is 17.5 Å². The van der Waals surface area contributed by atoms with Crippen molar-refractivity contribution in [3.63, 3.8) is 0 Å². The highest BCUT2D eigenvalue weighted by Crippen LogP contribution is 2.47. The second kappa shape index (κ2) is 6.22. The molecule has 2 N–H and O–H groups in total. The Labute approximate surface area is 131 Å². The molecule has 0 radical (unpaired) electrons. The van der Waals surface area contributed by atoms with E-state index in [1.165, 1.54) is 5.56 Å². The number of nitrogens with one attached hydrogen (secondary N) is 2. The molecule has 3 heteroatoms. The number of amides is 2. The van der Waals surface area contributed by atoms with Crippen LogP contribution in [0.3, 0.4) is 0 Å². The maximum absolute atomic E-state index is 12.1. The Kier molecular flexibility index (Phi) is 4.14. The standard InChI is InChI=1S/C19H22N2O/c1-15(16-8-4-2-5-9-16)21-18(22)20-14-19(12-13-19)17-10-6-3-7-11-17/h2-11,15H,12-14H2,1H3,(H2,20,21,22)/t15-/m0/s1. The van der Waals surface area contributed by atoms with E-state index < -0.39 is 0 Å². The molecule has 1 aliphatic carbocycles. The van der Waals surface area contributed by atoms with Crippen LogP contribution >= 0.6 is 0 Å². The molecule has 3 rings (SSSR count). The molecule has 1 fully saturated rings. The Hall–Kier alpha value is -2.29. The molecule has 3 nitrogen and oxygen atoms in total. The second-order valence-corrected chi connectivity index (χ2v) is 6.11. The Morgan fingerprint density at radius 2 is 1.64 bits per heavy atom. The van der Waals surface area contributed by atoms with Crippen molar-refractivity contribution in [2.24, 2.45) is 0 Å². The molecule has 1 saturated carbocycles. The molecule has 0 bridgehead atoms. The van der Waals surface area contributed by atoms with Crippen molar-refractivity contribution >= 4 is 6.03 Å². The van der Waals surface area contributed by atoms with Crippen LogP contribution in [-0.4, -0.2) is 12.6 Å². The summed E-state index contributed by atoms with van der Waals surface area (Å²) in [7, 11) is 0. The Bertz CT molecular complexity index is 620. The van der Waals surface area contributed by atoms with Crippen LogP contribution in [0.4, 0.5) is 4.79 Å². The topological polar surface area (TPSA) is 41.1 Å². The Morgan fingerprint density at radius 3 is 2.23 bits per heavy atom. The number of carbonyl (C=O) groups excluding carboxylic acids is 1. The minimum absolute atomic E-state index is 0.00748. The van der Waals surface area contributed by atoms with Gasteiger partial charge in [0.15, 0.2) is 0 Å². The lowest BCUT2D eigenvalue weighted by Crippen LogP contribution is -2.40. The number of hydrogen-bond donors (Lipinski definition) is 2. The summed E-state index contributed by atoms with van der Waals surface area (Å²) in [4.78, 5) is 12.1. The quantitative estimate of drug-likeness (QED) is 0.865. The van der Waals surface area contributed by atoms with E-state index in [4.69, 9.17) is 0 Å². The lowest BCUT2D eigenvalue weighted by Gasteiger charge is -2.19. The summed E-state index contributed by atoms with van der Waals surface area (Å²) in [5.41, 5.74) is 2.59. The first-order valence-electron chi connectivity index (χ1n) is 7.84. The molecule has 0 saturated heterocycles. The molecule has 2 aromatic carbocycles. The summed E-state index contributed by atoms with van der Waals surface area (Å²) >= 11 is 0. The smallest absolute Gasteiger partial charge is 0.315 e. The van der Waals surface area contributed by atoms with Crippen LogP contribution in [0.5, 0.6) is 0 Å². The van der Waals surface area contributed by atoms with Crippen LogP contribution < -0.4 is 10.6 Å². The molecule has 0 unspecified atom stereocenters. The Morgan fingerprint density at radius 1 is 1.05 bits per heavy atom. The summed E-state index contributed by atoms with van der Waals surface area (Å²) in [6, 6.07) is 20.4. The molecular weight excluding hydrogens is 272 g/mol. The largest absolute Gasteiger partial charge is 0.337 e. The van der Waals surface area contributed by atoms with Crippen molar-refractivity contribution in [1.29, 1.82) is 0 Å². The zero-order valence-corrected chi connectivity index (χ0v) is 12.9. The zero-order chi connectivity index (χ0) is 15.4. The van der Waals surface area contributed by atoms with Gasteiger partial charge in [0, 0.05) is 12.0 Å². The maximum Gasteiger partial charge on any atom is 0.315 e. The first kappa shape index (κ1) is 14.6. The third-order valence-electron chi connectivity index (χ3n) is 4.47. The van der Waals surface area contributed by atoms with Crippen LogP contribution in [0.2, 0.25) is 0 Å². The van der Waals surface area contributed by atoms with Crippen molar-refractivity contribution in [3.8, 4) is 0 Å². The van der Waals surface area contributed by atoms with Crippen molar-refractivity contribution in [2.75, 3.05) is 6.54 Å². The summed E-state index contributed by atoms with van der Waals surface area (Å²) in [6.07, 6.45) is 2.29. The molecular formula is C19H22N2O. The predicted octanol–water partition coefficient (Wildman–Crippen LogP) is 3.78. The van der Waals surface area contributed by atoms with Crippen LogP contribution in [0.25, 0.3) is 0 Å². The maximum atomic E-state index is 12.1. The van der Waals surface area contributed by atoms with E-state index in [1.807, 2.05) is 43.3 Å². The number of hydrogen-bond acceptors (Lipinski definition) is 1. The highest BCUT2D eigenvalue weighted by atomic mass is 16.2. The summed E-state index contributed by atoms with van der Waals surface area (Å²) in [5.74, 6) is 0. The third kappa shape index (κ3) is 3.30. The van der Waals surface area contributed by atoms with E-state index in [9.17, 15) is 4.79 Å². The molecule has 0 heterocycles. The molecule has 1 aliphatic rings. The van der Waals surface area contributed by atoms with E-state index in [0.29, 0.717) is 6.54 Å². The van der Waals surface area contributed by atoms with Crippen LogP contribution in [0.15, 0.2) is 60.7 Å². The van der Waals surface area contributed by atoms with Gasteiger partial charge in [0.1, 0.15) is 0 Å². The van der Waals surface area contributed by atoms with E-state index in [0.717, 1.165) is 18.4 Å². The van der Waals surface area contributed by atoms with Gasteiger partial charge in [0.25, 0.3) is 0 Å². The van der Waals surface area contributed by atoms with Gasteiger partial charge in [-0.05, 0) is 30.9 Å². The van der Waals surface area contributed by atoms with Crippen LogP contribution in [0.1, 0.15) is 36.9 Å². The highest BCUT2D eigenvalue weighted by molar-refractivity contribution is 5.74. The molecule has 1 atom stereocenters. The van der Waals surface area contributed by atoms with Crippen molar-refractivity contribution < 1.29 is 4.79 Å². The van der Waals surface area contributed by atoms with Gasteiger partial charge in [-0.15, -0.1) is 0 Å². The first-order chi connectivity index (χ1) is 10.7. The van der Waals surface area contributed by atoms with E-state index in [2.05, 4.69) is 34.9 Å². The highest BCUT2D eigenvalue weighted by Gasteiger charge is 2.44. The fraction of sp³-hybridized carbons (Fsp3) is 0.316. The number of rotatable bonds is 5. The molecule has 0 aliphatic heterocycles. The summed E-state index contributed by atoms with van der Waals surface area (Å²) < 4.78 is 0. The SMILES string of the molecule is C[C@H](NC(=O)NCC1(c2ccccc2)CC1)c1ccccc1. The van der Waals surface area contributed by atoms with E-state index >= 15 is 0 Å². The first-order valence-corrected chi connectivity index (χ1v) is 7.84. The van der Waals surface area contributed by atoms with Gasteiger partial charge in [-0.1, -0.05) is 60.7 Å². The average Bonchev–Trinajstić information content (AvgIpc) is 3.36. The zero-order valence-electron chi connectivity index (χ0n) is 12.9. The van der Waals surface area contributed by atoms with Crippen molar-refractivity contribution in [2.45, 2.75) is 31.2 Å². The van der Waals surface area contributed by atoms with Gasteiger partial charge in [-0.25, -0.2) is 4.79 Å². The molecule has 0 aromatic heterocycles. The number of carbonyl (C=O) groups is 1. The number of urea groups is 1. The number of benzene rings is 2. The fourth-order valence-corrected chi connectivity index (χ4v) is 2.83. The molecule has 22 heavy (non-hydrogen) atoms.